The van der Waals surface area contributed by atoms with Crippen molar-refractivity contribution in [2.45, 2.75) is 20.1 Å². The summed E-state index contributed by atoms with van der Waals surface area (Å²) in [5.41, 5.74) is 2.55. The van der Waals surface area contributed by atoms with Crippen LogP contribution in [0.1, 0.15) is 28.7 Å². The number of hydrogen-bond donors (Lipinski definition) is 0. The van der Waals surface area contributed by atoms with Gasteiger partial charge in [0.1, 0.15) is 18.9 Å². The maximum absolute atomic E-state index is 12.9. The van der Waals surface area contributed by atoms with Gasteiger partial charge in [-0.15, -0.1) is 0 Å². The van der Waals surface area contributed by atoms with Gasteiger partial charge < -0.3 is 14.2 Å². The molecule has 6 nitrogen and oxygen atoms in total. The van der Waals surface area contributed by atoms with Gasteiger partial charge in [0.25, 0.3) is 5.91 Å². The van der Waals surface area contributed by atoms with E-state index in [0.717, 1.165) is 11.1 Å². The second-order valence-corrected chi connectivity index (χ2v) is 7.00. The zero-order valence-electron chi connectivity index (χ0n) is 17.3. The fourth-order valence-corrected chi connectivity index (χ4v) is 3.13. The Hall–Kier alpha value is -3.93. The molecule has 1 amide bonds. The number of amides is 1. The average Bonchev–Trinajstić information content (AvgIpc) is 3.31. The molecule has 0 aliphatic carbocycles. The first kappa shape index (κ1) is 20.3. The zero-order chi connectivity index (χ0) is 21.5. The molecule has 0 saturated heterocycles. The summed E-state index contributed by atoms with van der Waals surface area (Å²) in [5.74, 6) is 1.53. The number of ether oxygens (including phenoxy) is 1. The summed E-state index contributed by atoms with van der Waals surface area (Å²) in [6, 6.07) is 26.7. The van der Waals surface area contributed by atoms with Gasteiger partial charge in [-0.3, -0.25) is 4.79 Å². The van der Waals surface area contributed by atoms with Crippen molar-refractivity contribution in [1.82, 2.24) is 15.0 Å². The summed E-state index contributed by atoms with van der Waals surface area (Å²) >= 11 is 0. The molecule has 0 unspecified atom stereocenters. The Bertz CT molecular complexity index is 1110. The summed E-state index contributed by atoms with van der Waals surface area (Å²) in [4.78, 5) is 19.0. The predicted octanol–water partition coefficient (Wildman–Crippen LogP) is 4.98. The normalized spacial score (nSPS) is 10.6. The van der Waals surface area contributed by atoms with Crippen molar-refractivity contribution in [3.63, 3.8) is 0 Å². The molecular weight excluding hydrogens is 390 g/mol. The number of nitrogens with zero attached hydrogens (tertiary/aromatic N) is 3. The fourth-order valence-electron chi connectivity index (χ4n) is 3.13. The molecule has 156 valence electrons. The van der Waals surface area contributed by atoms with Gasteiger partial charge in [0.2, 0.25) is 11.7 Å². The number of hydrogen-bond acceptors (Lipinski definition) is 5. The second kappa shape index (κ2) is 9.71. The van der Waals surface area contributed by atoms with E-state index in [1.165, 1.54) is 0 Å². The van der Waals surface area contributed by atoms with Gasteiger partial charge in [0.15, 0.2) is 0 Å². The van der Waals surface area contributed by atoms with Gasteiger partial charge in [-0.1, -0.05) is 65.8 Å². The molecule has 0 N–H and O–H groups in total. The molecule has 0 spiro atoms. The first-order valence-corrected chi connectivity index (χ1v) is 10.2. The monoisotopic (exact) mass is 413 g/mol. The van der Waals surface area contributed by atoms with Gasteiger partial charge in [0, 0.05) is 17.7 Å². The van der Waals surface area contributed by atoms with Crippen molar-refractivity contribution in [3.05, 3.63) is 102 Å². The van der Waals surface area contributed by atoms with E-state index in [1.807, 2.05) is 79.7 Å². The lowest BCUT2D eigenvalue weighted by Crippen LogP contribution is -2.30. The highest BCUT2D eigenvalue weighted by Crippen LogP contribution is 2.18. The standard InChI is InChI=1S/C25H23N3O3/c1-2-28(17-23-26-24(27-31-23)20-11-7-4-8-12-20)25(29)21-13-15-22(16-14-21)30-18-19-9-5-3-6-10-19/h3-16H,2,17-18H2,1H3. The highest BCUT2D eigenvalue weighted by atomic mass is 16.5. The topological polar surface area (TPSA) is 68.5 Å². The van der Waals surface area contributed by atoms with Crippen LogP contribution in [0.4, 0.5) is 0 Å². The van der Waals surface area contributed by atoms with E-state index >= 15 is 0 Å². The van der Waals surface area contributed by atoms with Gasteiger partial charge in [-0.25, -0.2) is 0 Å². The Kier molecular flexibility index (Phi) is 6.38. The van der Waals surface area contributed by atoms with Crippen LogP contribution in [0.2, 0.25) is 0 Å². The van der Waals surface area contributed by atoms with E-state index in [2.05, 4.69) is 10.1 Å². The Labute approximate surface area is 181 Å². The molecule has 1 aromatic heterocycles. The summed E-state index contributed by atoms with van der Waals surface area (Å²) in [5, 5.41) is 4.02. The molecule has 0 saturated carbocycles. The zero-order valence-corrected chi connectivity index (χ0v) is 17.3. The Balaban J connectivity index is 1.38. The molecule has 0 atom stereocenters. The van der Waals surface area contributed by atoms with Crippen molar-refractivity contribution in [2.75, 3.05) is 6.54 Å². The lowest BCUT2D eigenvalue weighted by molar-refractivity contribution is 0.0734. The third kappa shape index (κ3) is 5.17. The fraction of sp³-hybridized carbons (Fsp3) is 0.160. The number of carbonyl (C=O) groups is 1. The van der Waals surface area contributed by atoms with Crippen LogP contribution in [0.5, 0.6) is 5.75 Å². The van der Waals surface area contributed by atoms with E-state index in [-0.39, 0.29) is 12.5 Å². The Morgan fingerprint density at radius 2 is 1.61 bits per heavy atom. The molecule has 0 fully saturated rings. The number of benzene rings is 3. The Morgan fingerprint density at radius 3 is 2.29 bits per heavy atom. The lowest BCUT2D eigenvalue weighted by atomic mass is 10.2. The second-order valence-electron chi connectivity index (χ2n) is 7.00. The van der Waals surface area contributed by atoms with E-state index in [1.54, 1.807) is 17.0 Å². The Morgan fingerprint density at radius 1 is 0.935 bits per heavy atom. The highest BCUT2D eigenvalue weighted by molar-refractivity contribution is 5.94. The van der Waals surface area contributed by atoms with Crippen molar-refractivity contribution in [1.29, 1.82) is 0 Å². The lowest BCUT2D eigenvalue weighted by Gasteiger charge is -2.19. The third-order valence-corrected chi connectivity index (χ3v) is 4.84. The van der Waals surface area contributed by atoms with E-state index < -0.39 is 0 Å². The van der Waals surface area contributed by atoms with E-state index in [4.69, 9.17) is 9.26 Å². The maximum atomic E-state index is 12.9. The first-order valence-electron chi connectivity index (χ1n) is 10.2. The molecule has 0 aliphatic rings. The molecule has 4 aromatic rings. The molecule has 31 heavy (non-hydrogen) atoms. The van der Waals surface area contributed by atoms with Crippen LogP contribution >= 0.6 is 0 Å². The summed E-state index contributed by atoms with van der Waals surface area (Å²) in [6.45, 7) is 3.18. The molecule has 3 aromatic carbocycles. The molecule has 0 aliphatic heterocycles. The minimum Gasteiger partial charge on any atom is -0.489 e. The van der Waals surface area contributed by atoms with Crippen molar-refractivity contribution >= 4 is 5.91 Å². The molecule has 6 heteroatoms. The van der Waals surface area contributed by atoms with Gasteiger partial charge >= 0.3 is 0 Å². The SMILES string of the molecule is CCN(Cc1nc(-c2ccccc2)no1)C(=O)c1ccc(OCc2ccccc2)cc1. The number of aromatic nitrogens is 2. The third-order valence-electron chi connectivity index (χ3n) is 4.84. The van der Waals surface area contributed by atoms with Crippen molar-refractivity contribution in [3.8, 4) is 17.1 Å². The smallest absolute Gasteiger partial charge is 0.254 e. The predicted molar refractivity (Wildman–Crippen MR) is 117 cm³/mol. The van der Waals surface area contributed by atoms with Gasteiger partial charge in [0.05, 0.1) is 0 Å². The maximum Gasteiger partial charge on any atom is 0.254 e. The van der Waals surface area contributed by atoms with Gasteiger partial charge in [-0.05, 0) is 36.8 Å². The first-order chi connectivity index (χ1) is 15.2. The van der Waals surface area contributed by atoms with Crippen LogP contribution in [0.15, 0.2) is 89.5 Å². The summed E-state index contributed by atoms with van der Waals surface area (Å²) < 4.78 is 11.2. The molecule has 0 bridgehead atoms. The highest BCUT2D eigenvalue weighted by Gasteiger charge is 2.18. The van der Waals surface area contributed by atoms with Crippen LogP contribution in [0.3, 0.4) is 0 Å². The molecule has 4 rings (SSSR count). The van der Waals surface area contributed by atoms with Crippen molar-refractivity contribution < 1.29 is 14.1 Å². The minimum atomic E-state index is -0.100. The van der Waals surface area contributed by atoms with Crippen LogP contribution < -0.4 is 4.74 Å². The average molecular weight is 413 g/mol. The van der Waals surface area contributed by atoms with Crippen LogP contribution in [0.25, 0.3) is 11.4 Å². The quantitative estimate of drug-likeness (QED) is 0.408. The molecular formula is C25H23N3O3. The molecule has 0 radical (unpaired) electrons. The molecule has 1 heterocycles. The number of carbonyl (C=O) groups excluding carboxylic acids is 1. The van der Waals surface area contributed by atoms with Crippen LogP contribution in [-0.4, -0.2) is 27.5 Å². The van der Waals surface area contributed by atoms with Crippen molar-refractivity contribution in [2.24, 2.45) is 0 Å². The largest absolute Gasteiger partial charge is 0.489 e. The van der Waals surface area contributed by atoms with Crippen LogP contribution in [-0.2, 0) is 13.2 Å². The minimum absolute atomic E-state index is 0.100. The van der Waals surface area contributed by atoms with Crippen LogP contribution in [0, 0.1) is 0 Å². The summed E-state index contributed by atoms with van der Waals surface area (Å²) in [7, 11) is 0. The summed E-state index contributed by atoms with van der Waals surface area (Å²) in [6.07, 6.45) is 0. The van der Waals surface area contributed by atoms with Gasteiger partial charge in [-0.2, -0.15) is 4.98 Å². The van der Waals surface area contributed by atoms with E-state index in [0.29, 0.717) is 36.2 Å². The number of rotatable bonds is 8. The van der Waals surface area contributed by atoms with E-state index in [9.17, 15) is 4.79 Å².